The molecular formula is C27H30N4O2. The Bertz CT molecular complexity index is 1210. The molecule has 0 unspecified atom stereocenters. The normalized spacial score (nSPS) is 16.6. The molecule has 0 spiro atoms. The van der Waals surface area contributed by atoms with Gasteiger partial charge in [0.25, 0.3) is 0 Å². The highest BCUT2D eigenvalue weighted by Crippen LogP contribution is 2.43. The van der Waals surface area contributed by atoms with Crippen LogP contribution in [0.2, 0.25) is 0 Å². The molecule has 1 saturated carbocycles. The highest BCUT2D eigenvalue weighted by Gasteiger charge is 2.28. The Labute approximate surface area is 194 Å². The average molecular weight is 443 g/mol. The summed E-state index contributed by atoms with van der Waals surface area (Å²) in [6.07, 6.45) is 3.49. The number of benzene rings is 2. The summed E-state index contributed by atoms with van der Waals surface area (Å²) in [4.78, 5) is 14.4. The average Bonchev–Trinajstić information content (AvgIpc) is 3.12. The van der Waals surface area contributed by atoms with E-state index in [2.05, 4.69) is 39.1 Å². The standard InChI is InChI=1S/C27H30N4O2/c1-18(2)27(32)29-20-8-6-19(7-9-20)26-24(17-28)23-16-22(30-12-14-33-15-13-30)10-11-25(23)31(26)21-4-3-5-21/h6-11,16,18,21H,3-5,12-15H2,1-2H3,(H,29,32). The zero-order valence-electron chi connectivity index (χ0n) is 19.3. The summed E-state index contributed by atoms with van der Waals surface area (Å²) in [5.41, 5.74) is 5.76. The lowest BCUT2D eigenvalue weighted by Crippen LogP contribution is -2.36. The molecular weight excluding hydrogens is 412 g/mol. The first-order valence-corrected chi connectivity index (χ1v) is 11.9. The molecule has 1 aliphatic carbocycles. The smallest absolute Gasteiger partial charge is 0.226 e. The van der Waals surface area contributed by atoms with E-state index in [1.54, 1.807) is 0 Å². The first kappa shape index (κ1) is 21.5. The molecule has 3 aromatic rings. The lowest BCUT2D eigenvalue weighted by atomic mass is 9.92. The van der Waals surface area contributed by atoms with Crippen LogP contribution in [0.15, 0.2) is 42.5 Å². The van der Waals surface area contributed by atoms with Crippen LogP contribution in [-0.2, 0) is 9.53 Å². The van der Waals surface area contributed by atoms with Crippen LogP contribution >= 0.6 is 0 Å². The predicted octanol–water partition coefficient (Wildman–Crippen LogP) is 5.34. The quantitative estimate of drug-likeness (QED) is 0.579. The maximum Gasteiger partial charge on any atom is 0.226 e. The van der Waals surface area contributed by atoms with Crippen molar-refractivity contribution in [2.75, 3.05) is 36.5 Å². The number of morpholine rings is 1. The molecule has 0 atom stereocenters. The van der Waals surface area contributed by atoms with Crippen molar-refractivity contribution in [2.45, 2.75) is 39.2 Å². The van der Waals surface area contributed by atoms with E-state index in [9.17, 15) is 10.1 Å². The monoisotopic (exact) mass is 442 g/mol. The second-order valence-corrected chi connectivity index (χ2v) is 9.31. The molecule has 0 bridgehead atoms. The molecule has 6 heteroatoms. The number of nitrogens with one attached hydrogen (secondary N) is 1. The van der Waals surface area contributed by atoms with Crippen molar-refractivity contribution in [3.63, 3.8) is 0 Å². The zero-order valence-corrected chi connectivity index (χ0v) is 19.3. The maximum absolute atomic E-state index is 12.1. The molecule has 1 aliphatic heterocycles. The molecule has 170 valence electrons. The van der Waals surface area contributed by atoms with E-state index in [4.69, 9.17) is 4.74 Å². The van der Waals surface area contributed by atoms with E-state index < -0.39 is 0 Å². The third-order valence-corrected chi connectivity index (χ3v) is 6.86. The van der Waals surface area contributed by atoms with Crippen LogP contribution in [0.3, 0.4) is 0 Å². The molecule has 33 heavy (non-hydrogen) atoms. The van der Waals surface area contributed by atoms with Crippen LogP contribution in [0.1, 0.15) is 44.7 Å². The predicted molar refractivity (Wildman–Crippen MR) is 131 cm³/mol. The van der Waals surface area contributed by atoms with Gasteiger partial charge < -0.3 is 19.5 Å². The summed E-state index contributed by atoms with van der Waals surface area (Å²) in [7, 11) is 0. The number of anilines is 2. The van der Waals surface area contributed by atoms with Crippen molar-refractivity contribution < 1.29 is 9.53 Å². The lowest BCUT2D eigenvalue weighted by molar-refractivity contribution is -0.118. The zero-order chi connectivity index (χ0) is 22.9. The van der Waals surface area contributed by atoms with E-state index in [-0.39, 0.29) is 11.8 Å². The van der Waals surface area contributed by atoms with Gasteiger partial charge in [-0.05, 0) is 55.2 Å². The number of nitrogens with zero attached hydrogens (tertiary/aromatic N) is 3. The number of carbonyl (C=O) groups excluding carboxylic acids is 1. The molecule has 1 aromatic heterocycles. The van der Waals surface area contributed by atoms with Gasteiger partial charge in [-0.25, -0.2) is 0 Å². The minimum atomic E-state index is -0.0725. The Morgan fingerprint density at radius 3 is 2.45 bits per heavy atom. The third-order valence-electron chi connectivity index (χ3n) is 6.86. The summed E-state index contributed by atoms with van der Waals surface area (Å²) >= 11 is 0. The fourth-order valence-corrected chi connectivity index (χ4v) is 4.74. The number of hydrogen-bond acceptors (Lipinski definition) is 4. The lowest BCUT2D eigenvalue weighted by Gasteiger charge is -2.31. The molecule has 2 aliphatic rings. The van der Waals surface area contributed by atoms with Gasteiger partial charge in [0, 0.05) is 41.8 Å². The van der Waals surface area contributed by atoms with E-state index in [0.29, 0.717) is 6.04 Å². The minimum Gasteiger partial charge on any atom is -0.378 e. The second-order valence-electron chi connectivity index (χ2n) is 9.31. The molecule has 1 saturated heterocycles. The molecule has 5 rings (SSSR count). The number of rotatable bonds is 5. The molecule has 1 N–H and O–H groups in total. The number of aromatic nitrogens is 1. The fraction of sp³-hybridized carbons (Fsp3) is 0.407. The molecule has 1 amide bonds. The van der Waals surface area contributed by atoms with E-state index >= 15 is 0 Å². The van der Waals surface area contributed by atoms with Crippen LogP contribution in [0.5, 0.6) is 0 Å². The number of ether oxygens (including phenoxy) is 1. The molecule has 6 nitrogen and oxygen atoms in total. The van der Waals surface area contributed by atoms with Crippen molar-refractivity contribution in [1.82, 2.24) is 4.57 Å². The number of hydrogen-bond donors (Lipinski definition) is 1. The minimum absolute atomic E-state index is 0.000289. The maximum atomic E-state index is 12.1. The van der Waals surface area contributed by atoms with Gasteiger partial charge in [0.15, 0.2) is 0 Å². The van der Waals surface area contributed by atoms with Crippen molar-refractivity contribution in [2.24, 2.45) is 5.92 Å². The van der Waals surface area contributed by atoms with Crippen molar-refractivity contribution in [3.05, 3.63) is 48.0 Å². The molecule has 2 aromatic carbocycles. The van der Waals surface area contributed by atoms with Crippen LogP contribution < -0.4 is 10.2 Å². The van der Waals surface area contributed by atoms with Gasteiger partial charge in [0.2, 0.25) is 5.91 Å². The first-order chi connectivity index (χ1) is 16.1. The second kappa shape index (κ2) is 8.92. The van der Waals surface area contributed by atoms with Gasteiger partial charge in [0.1, 0.15) is 6.07 Å². The third kappa shape index (κ3) is 3.98. The van der Waals surface area contributed by atoms with Crippen LogP contribution in [0.4, 0.5) is 11.4 Å². The Morgan fingerprint density at radius 2 is 1.85 bits per heavy atom. The summed E-state index contributed by atoms with van der Waals surface area (Å²) in [5.74, 6) is -0.0728. The summed E-state index contributed by atoms with van der Waals surface area (Å²) < 4.78 is 7.89. The van der Waals surface area contributed by atoms with E-state index in [1.165, 1.54) is 6.42 Å². The van der Waals surface area contributed by atoms with Crippen molar-refractivity contribution >= 4 is 28.2 Å². The Balaban J connectivity index is 1.60. The van der Waals surface area contributed by atoms with Crippen LogP contribution in [0.25, 0.3) is 22.2 Å². The van der Waals surface area contributed by atoms with Crippen molar-refractivity contribution in [1.29, 1.82) is 5.26 Å². The van der Waals surface area contributed by atoms with Crippen LogP contribution in [0, 0.1) is 17.2 Å². The Morgan fingerprint density at radius 1 is 1.12 bits per heavy atom. The topological polar surface area (TPSA) is 70.3 Å². The van der Waals surface area contributed by atoms with Crippen LogP contribution in [-0.4, -0.2) is 36.8 Å². The number of amides is 1. The van der Waals surface area contributed by atoms with E-state index in [1.807, 2.05) is 38.1 Å². The van der Waals surface area contributed by atoms with Gasteiger partial charge in [-0.15, -0.1) is 0 Å². The SMILES string of the molecule is CC(C)C(=O)Nc1ccc(-c2c(C#N)c3cc(N4CCOCC4)ccc3n2C2CCC2)cc1. The Hall–Kier alpha value is -3.30. The summed E-state index contributed by atoms with van der Waals surface area (Å²) in [6, 6.07) is 17.4. The molecule has 2 fully saturated rings. The molecule has 2 heterocycles. The largest absolute Gasteiger partial charge is 0.378 e. The Kier molecular flexibility index (Phi) is 5.82. The van der Waals surface area contributed by atoms with E-state index in [0.717, 1.165) is 78.2 Å². The highest BCUT2D eigenvalue weighted by molar-refractivity contribution is 5.97. The van der Waals surface area contributed by atoms with Gasteiger partial charge >= 0.3 is 0 Å². The summed E-state index contributed by atoms with van der Waals surface area (Å²) in [6.45, 7) is 6.96. The molecule has 0 radical (unpaired) electrons. The number of carbonyl (C=O) groups is 1. The highest BCUT2D eigenvalue weighted by atomic mass is 16.5. The number of fused-ring (bicyclic) bond motifs is 1. The van der Waals surface area contributed by atoms with Gasteiger partial charge in [-0.3, -0.25) is 4.79 Å². The van der Waals surface area contributed by atoms with Crippen molar-refractivity contribution in [3.8, 4) is 17.3 Å². The van der Waals surface area contributed by atoms with Gasteiger partial charge in [-0.2, -0.15) is 5.26 Å². The number of nitriles is 1. The first-order valence-electron chi connectivity index (χ1n) is 11.9. The van der Waals surface area contributed by atoms with Gasteiger partial charge in [0.05, 0.1) is 30.0 Å². The summed E-state index contributed by atoms with van der Waals surface area (Å²) in [5, 5.41) is 14.2. The fourth-order valence-electron chi connectivity index (χ4n) is 4.74. The van der Waals surface area contributed by atoms with Gasteiger partial charge in [-0.1, -0.05) is 26.0 Å².